The van der Waals surface area contributed by atoms with Gasteiger partial charge in [-0.05, 0) is 55.0 Å². The molecule has 1 amide bonds. The number of hydrogen-bond acceptors (Lipinski definition) is 3. The van der Waals surface area contributed by atoms with Crippen molar-refractivity contribution in [1.82, 2.24) is 14.8 Å². The molecule has 28 heavy (non-hydrogen) atoms. The largest absolute Gasteiger partial charge is 0.335 e. The number of pyridine rings is 1. The first kappa shape index (κ1) is 19.4. The van der Waals surface area contributed by atoms with E-state index < -0.39 is 0 Å². The van der Waals surface area contributed by atoms with Gasteiger partial charge in [0.25, 0.3) is 5.56 Å². The van der Waals surface area contributed by atoms with Crippen molar-refractivity contribution in [1.29, 1.82) is 0 Å². The van der Waals surface area contributed by atoms with Gasteiger partial charge in [-0.25, -0.2) is 0 Å². The highest BCUT2D eigenvalue weighted by molar-refractivity contribution is 9.10. The van der Waals surface area contributed by atoms with E-state index in [0.29, 0.717) is 19.1 Å². The predicted molar refractivity (Wildman–Crippen MR) is 113 cm³/mol. The van der Waals surface area contributed by atoms with E-state index >= 15 is 0 Å². The molecule has 1 saturated carbocycles. The van der Waals surface area contributed by atoms with Gasteiger partial charge in [-0.2, -0.15) is 0 Å². The number of aryl methyl sites for hydroxylation is 1. The third-order valence-electron chi connectivity index (χ3n) is 5.93. The van der Waals surface area contributed by atoms with Crippen molar-refractivity contribution in [2.75, 3.05) is 13.1 Å². The van der Waals surface area contributed by atoms with Crippen molar-refractivity contribution in [3.05, 3.63) is 68.5 Å². The molecule has 2 heterocycles. The number of hydrogen-bond donors (Lipinski definition) is 1. The van der Waals surface area contributed by atoms with Crippen LogP contribution in [0.4, 0.5) is 0 Å². The Hall–Kier alpha value is -1.92. The molecule has 5 nitrogen and oxygen atoms in total. The van der Waals surface area contributed by atoms with E-state index in [-0.39, 0.29) is 23.3 Å². The minimum Gasteiger partial charge on any atom is -0.335 e. The maximum atomic E-state index is 13.6. The molecule has 1 aromatic carbocycles. The van der Waals surface area contributed by atoms with Crippen molar-refractivity contribution in [3.63, 3.8) is 0 Å². The summed E-state index contributed by atoms with van der Waals surface area (Å²) in [5.74, 6) is 0.156. The number of carbonyl (C=O) groups is 1. The third-order valence-corrected chi connectivity index (χ3v) is 6.70. The summed E-state index contributed by atoms with van der Waals surface area (Å²) in [6.45, 7) is 2.17. The number of carbonyl (C=O) groups excluding carboxylic acids is 1. The Morgan fingerprint density at radius 3 is 2.75 bits per heavy atom. The molecule has 1 saturated heterocycles. The quantitative estimate of drug-likeness (QED) is 0.772. The van der Waals surface area contributed by atoms with E-state index in [9.17, 15) is 9.59 Å². The molecule has 6 heteroatoms. The fourth-order valence-electron chi connectivity index (χ4n) is 4.11. The van der Waals surface area contributed by atoms with Crippen molar-refractivity contribution in [2.24, 2.45) is 13.0 Å². The molecular weight excluding hydrogens is 418 g/mol. The number of nitrogens with one attached hydrogen (secondary N) is 1. The normalized spacial score (nSPS) is 22.1. The Bertz CT molecular complexity index is 922. The second kappa shape index (κ2) is 8.21. The fraction of sp³-hybridized carbons (Fsp3) is 0.455. The molecule has 1 unspecified atom stereocenters. The summed E-state index contributed by atoms with van der Waals surface area (Å²) in [6, 6.07) is 12.1. The Morgan fingerprint density at radius 2 is 2.04 bits per heavy atom. The van der Waals surface area contributed by atoms with Gasteiger partial charge < -0.3 is 14.8 Å². The molecule has 1 aliphatic heterocycles. The van der Waals surface area contributed by atoms with Crippen molar-refractivity contribution >= 4 is 21.8 Å². The van der Waals surface area contributed by atoms with Gasteiger partial charge in [-0.1, -0.05) is 34.1 Å². The van der Waals surface area contributed by atoms with Gasteiger partial charge in [-0.3, -0.25) is 9.59 Å². The Kier molecular flexibility index (Phi) is 5.69. The molecule has 0 bridgehead atoms. The van der Waals surface area contributed by atoms with Crippen LogP contribution in [-0.2, 0) is 18.4 Å². The van der Waals surface area contributed by atoms with Crippen LogP contribution in [0, 0.1) is 5.92 Å². The van der Waals surface area contributed by atoms with Crippen LogP contribution in [-0.4, -0.2) is 34.5 Å². The lowest BCUT2D eigenvalue weighted by Gasteiger charge is -2.36. The number of rotatable bonds is 5. The lowest BCUT2D eigenvalue weighted by atomic mass is 9.80. The number of nitrogens with zero attached hydrogens (tertiary/aromatic N) is 2. The first-order valence-corrected chi connectivity index (χ1v) is 10.7. The van der Waals surface area contributed by atoms with Crippen LogP contribution >= 0.6 is 15.9 Å². The lowest BCUT2D eigenvalue weighted by molar-refractivity contribution is -0.138. The average Bonchev–Trinajstić information content (AvgIpc) is 3.54. The molecule has 2 aliphatic rings. The summed E-state index contributed by atoms with van der Waals surface area (Å²) in [7, 11) is 1.75. The monoisotopic (exact) mass is 443 g/mol. The second-order valence-corrected chi connectivity index (χ2v) is 8.76. The van der Waals surface area contributed by atoms with Gasteiger partial charge in [0.2, 0.25) is 5.91 Å². The van der Waals surface area contributed by atoms with Gasteiger partial charge in [0.05, 0.1) is 5.92 Å². The summed E-state index contributed by atoms with van der Waals surface area (Å²) in [6.07, 6.45) is 4.83. The third kappa shape index (κ3) is 4.08. The van der Waals surface area contributed by atoms with Crippen molar-refractivity contribution in [3.8, 4) is 0 Å². The molecule has 1 aliphatic carbocycles. The summed E-state index contributed by atoms with van der Waals surface area (Å²) < 4.78 is 2.61. The molecule has 1 aromatic heterocycles. The van der Waals surface area contributed by atoms with E-state index in [1.807, 2.05) is 24.3 Å². The van der Waals surface area contributed by atoms with Gasteiger partial charge in [0, 0.05) is 42.9 Å². The van der Waals surface area contributed by atoms with Crippen molar-refractivity contribution < 1.29 is 4.79 Å². The molecule has 2 atom stereocenters. The van der Waals surface area contributed by atoms with Crippen LogP contribution in [0.25, 0.3) is 0 Å². The summed E-state index contributed by atoms with van der Waals surface area (Å²) in [5, 5.41) is 3.39. The Morgan fingerprint density at radius 1 is 1.25 bits per heavy atom. The maximum Gasteiger partial charge on any atom is 0.250 e. The predicted octanol–water partition coefficient (Wildman–Crippen LogP) is 3.03. The zero-order chi connectivity index (χ0) is 19.7. The van der Waals surface area contributed by atoms with Crippen LogP contribution in [0.2, 0.25) is 0 Å². The number of piperidine rings is 1. The average molecular weight is 444 g/mol. The van der Waals surface area contributed by atoms with Crippen LogP contribution in [0.3, 0.4) is 0 Å². The van der Waals surface area contributed by atoms with Gasteiger partial charge >= 0.3 is 0 Å². The summed E-state index contributed by atoms with van der Waals surface area (Å²) in [5.41, 5.74) is 2.10. The summed E-state index contributed by atoms with van der Waals surface area (Å²) in [4.78, 5) is 27.8. The van der Waals surface area contributed by atoms with Crippen LogP contribution in [0.5, 0.6) is 0 Å². The maximum absolute atomic E-state index is 13.6. The van der Waals surface area contributed by atoms with Gasteiger partial charge in [0.15, 0.2) is 0 Å². The van der Waals surface area contributed by atoms with Gasteiger partial charge in [-0.15, -0.1) is 0 Å². The minimum absolute atomic E-state index is 0.0190. The smallest absolute Gasteiger partial charge is 0.250 e. The van der Waals surface area contributed by atoms with E-state index in [0.717, 1.165) is 41.4 Å². The summed E-state index contributed by atoms with van der Waals surface area (Å²) >= 11 is 3.62. The molecule has 2 aromatic rings. The van der Waals surface area contributed by atoms with Crippen LogP contribution in [0.15, 0.2) is 51.9 Å². The SMILES string of the molecule is Cn1ccc([C@H]2CCNCC2C(=O)N(Cc2ccccc2Br)C2CC2)cc1=O. The van der Waals surface area contributed by atoms with E-state index in [4.69, 9.17) is 0 Å². The lowest BCUT2D eigenvalue weighted by Crippen LogP contribution is -2.47. The number of aromatic nitrogens is 1. The highest BCUT2D eigenvalue weighted by Crippen LogP contribution is 2.36. The van der Waals surface area contributed by atoms with Gasteiger partial charge in [0.1, 0.15) is 0 Å². The highest BCUT2D eigenvalue weighted by Gasteiger charge is 2.40. The van der Waals surface area contributed by atoms with Crippen molar-refractivity contribution in [2.45, 2.75) is 37.8 Å². The molecule has 2 fully saturated rings. The zero-order valence-electron chi connectivity index (χ0n) is 16.1. The number of benzene rings is 1. The Labute approximate surface area is 173 Å². The zero-order valence-corrected chi connectivity index (χ0v) is 17.7. The molecule has 0 radical (unpaired) electrons. The molecular formula is C22H26BrN3O2. The van der Waals surface area contributed by atoms with Crippen LogP contribution < -0.4 is 10.9 Å². The molecule has 1 N–H and O–H groups in total. The standard InChI is InChI=1S/C22H26BrN3O2/c1-25-11-9-15(12-21(25)27)18-8-10-24-13-19(18)22(28)26(17-6-7-17)14-16-4-2-3-5-20(16)23/h2-5,9,11-12,17-19,24H,6-8,10,13-14H2,1H3/t18-,19?/m1/s1. The molecule has 148 valence electrons. The van der Waals surface area contributed by atoms with E-state index in [2.05, 4.69) is 32.2 Å². The minimum atomic E-state index is -0.135. The number of amides is 1. The second-order valence-electron chi connectivity index (χ2n) is 7.90. The van der Waals surface area contributed by atoms with Crippen LogP contribution in [0.1, 0.15) is 36.3 Å². The first-order valence-electron chi connectivity index (χ1n) is 9.96. The molecule has 0 spiro atoms. The van der Waals surface area contributed by atoms with E-state index in [1.54, 1.807) is 23.9 Å². The fourth-order valence-corrected chi connectivity index (χ4v) is 4.52. The number of halogens is 1. The topological polar surface area (TPSA) is 54.3 Å². The Balaban J connectivity index is 1.60. The highest BCUT2D eigenvalue weighted by atomic mass is 79.9. The first-order chi connectivity index (χ1) is 13.5. The van der Waals surface area contributed by atoms with E-state index in [1.165, 1.54) is 0 Å². The molecule has 4 rings (SSSR count).